The van der Waals surface area contributed by atoms with Gasteiger partial charge in [0.2, 0.25) is 5.75 Å². The molecule has 0 aliphatic carbocycles. The number of methoxy groups -OCH3 is 3. The third-order valence-electron chi connectivity index (χ3n) is 4.33. The van der Waals surface area contributed by atoms with Crippen molar-refractivity contribution >= 4 is 35.3 Å². The fraction of sp³-hybridized carbons (Fsp3) is 0.190. The number of carbonyl (C=O) groups is 1. The van der Waals surface area contributed by atoms with E-state index in [-0.39, 0.29) is 5.69 Å². The zero-order valence-corrected chi connectivity index (χ0v) is 18.6. The summed E-state index contributed by atoms with van der Waals surface area (Å²) in [7, 11) is 4.55. The van der Waals surface area contributed by atoms with E-state index < -0.39 is 5.91 Å². The first kappa shape index (κ1) is 22.5. The predicted octanol–water partition coefficient (Wildman–Crippen LogP) is 4.03. The molecule has 0 bridgehead atoms. The molecule has 3 aromatic rings. The smallest absolute Gasteiger partial charge is 0.291 e. The molecule has 10 heteroatoms. The molecular formula is C21H20Cl2N4O4. The first-order valence-electron chi connectivity index (χ1n) is 9.06. The Hall–Kier alpha value is -3.23. The highest BCUT2D eigenvalue weighted by molar-refractivity contribution is 6.35. The average molecular weight is 463 g/mol. The number of hydrogen-bond acceptors (Lipinski definition) is 6. The molecule has 31 heavy (non-hydrogen) atoms. The number of aromatic nitrogens is 2. The first-order valence-corrected chi connectivity index (χ1v) is 9.82. The summed E-state index contributed by atoms with van der Waals surface area (Å²) in [5, 5.41) is 9.33. The van der Waals surface area contributed by atoms with Gasteiger partial charge in [-0.05, 0) is 35.9 Å². The normalized spacial score (nSPS) is 10.9. The van der Waals surface area contributed by atoms with Gasteiger partial charge in [-0.15, -0.1) is 0 Å². The van der Waals surface area contributed by atoms with Crippen LogP contribution in [0.3, 0.4) is 0 Å². The van der Waals surface area contributed by atoms with Gasteiger partial charge in [-0.25, -0.2) is 5.43 Å². The van der Waals surface area contributed by atoms with Crippen LogP contribution in [0.4, 0.5) is 0 Å². The van der Waals surface area contributed by atoms with Crippen molar-refractivity contribution in [3.63, 3.8) is 0 Å². The molecule has 0 saturated heterocycles. The quantitative estimate of drug-likeness (QED) is 0.403. The molecule has 0 saturated carbocycles. The van der Waals surface area contributed by atoms with Gasteiger partial charge >= 0.3 is 0 Å². The van der Waals surface area contributed by atoms with Crippen LogP contribution in [-0.4, -0.2) is 43.2 Å². The minimum Gasteiger partial charge on any atom is -0.493 e. The average Bonchev–Trinajstić information content (AvgIpc) is 3.23. The summed E-state index contributed by atoms with van der Waals surface area (Å²) in [6.07, 6.45) is 3.13. The number of nitrogens with one attached hydrogen (secondary N) is 1. The number of benzene rings is 2. The van der Waals surface area contributed by atoms with Crippen molar-refractivity contribution in [1.82, 2.24) is 15.2 Å². The Morgan fingerprint density at radius 3 is 2.55 bits per heavy atom. The fourth-order valence-electron chi connectivity index (χ4n) is 2.84. The number of hydrazone groups is 1. The van der Waals surface area contributed by atoms with Crippen molar-refractivity contribution in [2.75, 3.05) is 21.3 Å². The Morgan fingerprint density at radius 2 is 1.87 bits per heavy atom. The Bertz CT molecular complexity index is 1110. The number of hydrogen-bond donors (Lipinski definition) is 1. The van der Waals surface area contributed by atoms with Crippen molar-refractivity contribution in [3.05, 3.63) is 69.5 Å². The van der Waals surface area contributed by atoms with Crippen LogP contribution in [-0.2, 0) is 6.54 Å². The third-order valence-corrected chi connectivity index (χ3v) is 4.91. The first-order chi connectivity index (χ1) is 15.0. The van der Waals surface area contributed by atoms with Gasteiger partial charge < -0.3 is 14.2 Å². The lowest BCUT2D eigenvalue weighted by atomic mass is 10.2. The number of amides is 1. The molecule has 0 aliphatic rings. The number of rotatable bonds is 8. The van der Waals surface area contributed by atoms with Gasteiger partial charge in [0.25, 0.3) is 5.91 Å². The molecule has 1 amide bonds. The van der Waals surface area contributed by atoms with Gasteiger partial charge in [0, 0.05) is 21.8 Å². The van der Waals surface area contributed by atoms with Gasteiger partial charge in [0.15, 0.2) is 17.2 Å². The lowest BCUT2D eigenvalue weighted by Gasteiger charge is -2.13. The molecule has 0 aliphatic heterocycles. The van der Waals surface area contributed by atoms with Gasteiger partial charge in [0.1, 0.15) is 0 Å². The molecule has 0 atom stereocenters. The van der Waals surface area contributed by atoms with E-state index in [1.54, 1.807) is 41.2 Å². The second-order valence-corrected chi connectivity index (χ2v) is 7.10. The van der Waals surface area contributed by atoms with Crippen LogP contribution in [0.15, 0.2) is 47.7 Å². The standard InChI is InChI=1S/C21H20Cl2N4O4/c1-29-18-7-5-13(19(30-2)20(18)31-3)11-24-25-21(28)17-8-9-27(26-17)12-14-4-6-15(22)10-16(14)23/h4-11H,12H2,1-3H3,(H,25,28). The number of ether oxygens (including phenoxy) is 3. The van der Waals surface area contributed by atoms with E-state index in [2.05, 4.69) is 15.6 Å². The molecule has 1 N–H and O–H groups in total. The Morgan fingerprint density at radius 1 is 1.10 bits per heavy atom. The molecule has 2 aromatic carbocycles. The van der Waals surface area contributed by atoms with Crippen molar-refractivity contribution < 1.29 is 19.0 Å². The fourth-order valence-corrected chi connectivity index (χ4v) is 3.31. The highest BCUT2D eigenvalue weighted by Gasteiger charge is 2.15. The largest absolute Gasteiger partial charge is 0.493 e. The van der Waals surface area contributed by atoms with Gasteiger partial charge in [-0.2, -0.15) is 10.2 Å². The van der Waals surface area contributed by atoms with Gasteiger partial charge in [-0.3, -0.25) is 9.48 Å². The van der Waals surface area contributed by atoms with Crippen molar-refractivity contribution in [3.8, 4) is 17.2 Å². The van der Waals surface area contributed by atoms with Crippen LogP contribution < -0.4 is 19.6 Å². The van der Waals surface area contributed by atoms with E-state index in [0.29, 0.717) is 39.4 Å². The third kappa shape index (κ3) is 5.28. The van der Waals surface area contributed by atoms with Crippen LogP contribution in [0.1, 0.15) is 21.6 Å². The van der Waals surface area contributed by atoms with E-state index >= 15 is 0 Å². The van der Waals surface area contributed by atoms with Gasteiger partial charge in [0.05, 0.1) is 34.1 Å². The van der Waals surface area contributed by atoms with E-state index in [1.807, 2.05) is 6.07 Å². The number of nitrogens with zero attached hydrogens (tertiary/aromatic N) is 3. The minimum absolute atomic E-state index is 0.210. The molecule has 0 radical (unpaired) electrons. The summed E-state index contributed by atoms with van der Waals surface area (Å²) in [5.74, 6) is 0.923. The summed E-state index contributed by atoms with van der Waals surface area (Å²) >= 11 is 12.1. The molecule has 1 heterocycles. The second-order valence-electron chi connectivity index (χ2n) is 6.26. The Kier molecular flexibility index (Phi) is 7.38. The van der Waals surface area contributed by atoms with E-state index in [9.17, 15) is 4.79 Å². The lowest BCUT2D eigenvalue weighted by molar-refractivity contribution is 0.0949. The van der Waals surface area contributed by atoms with Crippen LogP contribution in [0, 0.1) is 0 Å². The molecular weight excluding hydrogens is 443 g/mol. The van der Waals surface area contributed by atoms with Crippen LogP contribution in [0.5, 0.6) is 17.2 Å². The summed E-state index contributed by atoms with van der Waals surface area (Å²) < 4.78 is 17.6. The maximum Gasteiger partial charge on any atom is 0.291 e. The number of carbonyl (C=O) groups excluding carboxylic acids is 1. The zero-order chi connectivity index (χ0) is 22.4. The molecule has 8 nitrogen and oxygen atoms in total. The highest BCUT2D eigenvalue weighted by atomic mass is 35.5. The van der Waals surface area contributed by atoms with E-state index in [0.717, 1.165) is 5.56 Å². The van der Waals surface area contributed by atoms with Crippen LogP contribution >= 0.6 is 23.2 Å². The van der Waals surface area contributed by atoms with Crippen LogP contribution in [0.2, 0.25) is 10.0 Å². The summed E-state index contributed by atoms with van der Waals surface area (Å²) in [4.78, 5) is 12.4. The minimum atomic E-state index is -0.461. The lowest BCUT2D eigenvalue weighted by Crippen LogP contribution is -2.18. The summed E-state index contributed by atoms with van der Waals surface area (Å²) in [6.45, 7) is 0.398. The Labute approximate surface area is 189 Å². The molecule has 1 aromatic heterocycles. The second kappa shape index (κ2) is 10.2. The van der Waals surface area contributed by atoms with Crippen molar-refractivity contribution in [1.29, 1.82) is 0 Å². The maximum absolute atomic E-state index is 12.4. The zero-order valence-electron chi connectivity index (χ0n) is 17.1. The molecule has 0 unspecified atom stereocenters. The van der Waals surface area contributed by atoms with Crippen molar-refractivity contribution in [2.45, 2.75) is 6.54 Å². The Balaban J connectivity index is 1.68. The highest BCUT2D eigenvalue weighted by Crippen LogP contribution is 2.38. The SMILES string of the molecule is COc1ccc(C=NNC(=O)c2ccn(Cc3ccc(Cl)cc3Cl)n2)c(OC)c1OC. The maximum atomic E-state index is 12.4. The topological polar surface area (TPSA) is 87.0 Å². The molecule has 3 rings (SSSR count). The molecule has 162 valence electrons. The van der Waals surface area contributed by atoms with Crippen molar-refractivity contribution in [2.24, 2.45) is 5.10 Å². The van der Waals surface area contributed by atoms with Gasteiger partial charge in [-0.1, -0.05) is 29.3 Å². The van der Waals surface area contributed by atoms with E-state index in [4.69, 9.17) is 37.4 Å². The number of halogens is 2. The van der Waals surface area contributed by atoms with Crippen LogP contribution in [0.25, 0.3) is 0 Å². The summed E-state index contributed by atoms with van der Waals surface area (Å²) in [5.41, 5.74) is 4.09. The molecule has 0 fully saturated rings. The predicted molar refractivity (Wildman–Crippen MR) is 119 cm³/mol. The van der Waals surface area contributed by atoms with E-state index in [1.165, 1.54) is 27.5 Å². The summed E-state index contributed by atoms with van der Waals surface area (Å²) in [6, 6.07) is 10.3. The molecule has 0 spiro atoms. The monoisotopic (exact) mass is 462 g/mol.